The van der Waals surface area contributed by atoms with Crippen LogP contribution in [-0.2, 0) is 11.8 Å². The molecule has 0 aliphatic carbocycles. The maximum absolute atomic E-state index is 11.4. The third kappa shape index (κ3) is 4.54. The highest BCUT2D eigenvalue weighted by molar-refractivity contribution is 7.99. The molecule has 19 heavy (non-hydrogen) atoms. The van der Waals surface area contributed by atoms with Gasteiger partial charge in [-0.1, -0.05) is 25.6 Å². The molecule has 0 aliphatic heterocycles. The van der Waals surface area contributed by atoms with E-state index in [1.54, 1.807) is 24.9 Å². The van der Waals surface area contributed by atoms with Gasteiger partial charge in [0.15, 0.2) is 5.16 Å². The van der Waals surface area contributed by atoms with E-state index in [2.05, 4.69) is 10.3 Å². The molecule has 0 spiro atoms. The monoisotopic (exact) mass is 285 g/mol. The van der Waals surface area contributed by atoms with Crippen LogP contribution in [0.15, 0.2) is 17.6 Å². The number of nitrogens with one attached hydrogen (secondary N) is 1. The number of carboxylic acid groups (broad SMARTS) is 1. The molecule has 0 bridgehead atoms. The molecule has 0 aromatic carbocycles. The van der Waals surface area contributed by atoms with Crippen LogP contribution >= 0.6 is 11.8 Å². The molecule has 108 valence electrons. The number of aliphatic carboxylic acids is 1. The Morgan fingerprint density at radius 1 is 1.68 bits per heavy atom. The minimum absolute atomic E-state index is 0.173. The second-order valence-electron chi connectivity index (χ2n) is 5.02. The fraction of sp³-hybridized carbons (Fsp3) is 0.692. The molecule has 0 radical (unpaired) electrons. The molecule has 1 aromatic heterocycles. The zero-order valence-electron chi connectivity index (χ0n) is 12.0. The Morgan fingerprint density at radius 3 is 2.84 bits per heavy atom. The summed E-state index contributed by atoms with van der Waals surface area (Å²) in [5, 5.41) is 13.6. The number of hydrogen-bond donors (Lipinski definition) is 2. The normalized spacial score (nSPS) is 16.0. The Bertz CT molecular complexity index is 422. The maximum Gasteiger partial charge on any atom is 0.323 e. The summed E-state index contributed by atoms with van der Waals surface area (Å²) in [6.07, 6.45) is 5.12. The molecule has 0 saturated carbocycles. The van der Waals surface area contributed by atoms with E-state index in [-0.39, 0.29) is 5.25 Å². The Balaban J connectivity index is 2.63. The maximum atomic E-state index is 11.4. The van der Waals surface area contributed by atoms with E-state index < -0.39 is 11.5 Å². The molecular weight excluding hydrogens is 262 g/mol. The third-order valence-corrected chi connectivity index (χ3v) is 4.19. The molecule has 1 rings (SSSR count). The number of hydrogen-bond acceptors (Lipinski definition) is 4. The van der Waals surface area contributed by atoms with Gasteiger partial charge in [-0.15, -0.1) is 0 Å². The summed E-state index contributed by atoms with van der Waals surface area (Å²) in [6, 6.07) is 0. The van der Waals surface area contributed by atoms with Crippen LogP contribution in [-0.4, -0.2) is 38.0 Å². The van der Waals surface area contributed by atoms with Crippen LogP contribution in [0.25, 0.3) is 0 Å². The second-order valence-corrected chi connectivity index (χ2v) is 6.42. The lowest BCUT2D eigenvalue weighted by atomic mass is 9.96. The van der Waals surface area contributed by atoms with Gasteiger partial charge in [0.1, 0.15) is 5.54 Å². The van der Waals surface area contributed by atoms with Crippen molar-refractivity contribution >= 4 is 17.7 Å². The van der Waals surface area contributed by atoms with Crippen molar-refractivity contribution < 1.29 is 9.90 Å². The average molecular weight is 285 g/mol. The molecule has 5 nitrogen and oxygen atoms in total. The number of aromatic nitrogens is 2. The van der Waals surface area contributed by atoms with E-state index >= 15 is 0 Å². The number of nitrogens with zero attached hydrogens (tertiary/aromatic N) is 2. The van der Waals surface area contributed by atoms with E-state index in [4.69, 9.17) is 0 Å². The fourth-order valence-electron chi connectivity index (χ4n) is 1.90. The van der Waals surface area contributed by atoms with Crippen LogP contribution < -0.4 is 5.32 Å². The molecule has 0 fully saturated rings. The lowest BCUT2D eigenvalue weighted by Gasteiger charge is -2.28. The van der Waals surface area contributed by atoms with Crippen molar-refractivity contribution in [2.24, 2.45) is 7.05 Å². The molecular formula is C13H23N3O2S. The Kier molecular flexibility index (Phi) is 5.87. The molecule has 6 heteroatoms. The van der Waals surface area contributed by atoms with Gasteiger partial charge in [0, 0.05) is 24.7 Å². The largest absolute Gasteiger partial charge is 0.480 e. The van der Waals surface area contributed by atoms with E-state index in [0.29, 0.717) is 13.0 Å². The van der Waals surface area contributed by atoms with Gasteiger partial charge in [0.25, 0.3) is 0 Å². The number of aryl methyl sites for hydroxylation is 1. The predicted octanol–water partition coefficient (Wildman–Crippen LogP) is 2.13. The van der Waals surface area contributed by atoms with Crippen LogP contribution in [0.1, 0.15) is 33.6 Å². The number of imidazole rings is 1. The van der Waals surface area contributed by atoms with Crippen molar-refractivity contribution in [3.63, 3.8) is 0 Å². The number of carbonyl (C=O) groups is 1. The van der Waals surface area contributed by atoms with E-state index in [1.165, 1.54) is 0 Å². The minimum Gasteiger partial charge on any atom is -0.480 e. The van der Waals surface area contributed by atoms with Gasteiger partial charge in [-0.25, -0.2) is 4.98 Å². The summed E-state index contributed by atoms with van der Waals surface area (Å²) >= 11 is 1.60. The Hall–Kier alpha value is -1.01. The molecule has 1 heterocycles. The summed E-state index contributed by atoms with van der Waals surface area (Å²) in [7, 11) is 1.94. The van der Waals surface area contributed by atoms with Crippen LogP contribution in [0.2, 0.25) is 0 Å². The molecule has 2 unspecified atom stereocenters. The molecule has 2 atom stereocenters. The van der Waals surface area contributed by atoms with Gasteiger partial charge < -0.3 is 15.0 Å². The minimum atomic E-state index is -0.881. The van der Waals surface area contributed by atoms with Gasteiger partial charge in [-0.3, -0.25) is 4.79 Å². The smallest absolute Gasteiger partial charge is 0.323 e. The molecule has 2 N–H and O–H groups in total. The van der Waals surface area contributed by atoms with Crippen LogP contribution in [0.5, 0.6) is 0 Å². The lowest BCUT2D eigenvalue weighted by molar-refractivity contribution is -0.144. The van der Waals surface area contributed by atoms with Crippen molar-refractivity contribution in [3.8, 4) is 0 Å². The van der Waals surface area contributed by atoms with Crippen LogP contribution in [0.4, 0.5) is 0 Å². The molecule has 0 aliphatic rings. The van der Waals surface area contributed by atoms with E-state index in [9.17, 15) is 9.90 Å². The topological polar surface area (TPSA) is 67.2 Å². The molecule has 0 amide bonds. The highest BCUT2D eigenvalue weighted by atomic mass is 32.2. The van der Waals surface area contributed by atoms with Crippen molar-refractivity contribution in [2.75, 3.05) is 6.54 Å². The standard InChI is InChI=1S/C13H23N3O2S/c1-5-6-15-13(3,11(17)18)9-10(2)19-12-14-7-8-16(12)4/h7-8,10,15H,5-6,9H2,1-4H3,(H,17,18). The summed E-state index contributed by atoms with van der Waals surface area (Å²) in [5.41, 5.74) is -0.881. The first-order valence-corrected chi connectivity index (χ1v) is 7.39. The predicted molar refractivity (Wildman–Crippen MR) is 77.5 cm³/mol. The number of thioether (sulfide) groups is 1. The quantitative estimate of drug-likeness (QED) is 0.716. The molecule has 0 saturated heterocycles. The van der Waals surface area contributed by atoms with Gasteiger partial charge in [0.2, 0.25) is 0 Å². The lowest BCUT2D eigenvalue weighted by Crippen LogP contribution is -2.51. The van der Waals surface area contributed by atoms with Crippen LogP contribution in [0.3, 0.4) is 0 Å². The van der Waals surface area contributed by atoms with E-state index in [1.807, 2.05) is 31.7 Å². The van der Waals surface area contributed by atoms with Gasteiger partial charge in [0.05, 0.1) is 0 Å². The molecule has 1 aromatic rings. The zero-order valence-corrected chi connectivity index (χ0v) is 12.8. The second kappa shape index (κ2) is 6.96. The van der Waals surface area contributed by atoms with Gasteiger partial charge in [-0.2, -0.15) is 0 Å². The van der Waals surface area contributed by atoms with Gasteiger partial charge >= 0.3 is 5.97 Å². The summed E-state index contributed by atoms with van der Waals surface area (Å²) in [4.78, 5) is 15.7. The van der Waals surface area contributed by atoms with Gasteiger partial charge in [-0.05, 0) is 26.3 Å². The van der Waals surface area contributed by atoms with E-state index in [0.717, 1.165) is 11.6 Å². The third-order valence-electron chi connectivity index (χ3n) is 3.02. The van der Waals surface area contributed by atoms with Crippen molar-refractivity contribution in [2.45, 2.75) is 49.6 Å². The first-order chi connectivity index (χ1) is 8.89. The Morgan fingerprint density at radius 2 is 2.37 bits per heavy atom. The number of carboxylic acids is 1. The zero-order chi connectivity index (χ0) is 14.5. The summed E-state index contributed by atoms with van der Waals surface area (Å²) < 4.78 is 1.94. The van der Waals surface area contributed by atoms with Crippen LogP contribution in [0, 0.1) is 0 Å². The summed E-state index contributed by atoms with van der Waals surface area (Å²) in [5.74, 6) is -0.798. The first-order valence-electron chi connectivity index (χ1n) is 6.51. The highest BCUT2D eigenvalue weighted by Crippen LogP contribution is 2.27. The Labute approximate surface area is 118 Å². The first kappa shape index (κ1) is 16.0. The summed E-state index contributed by atoms with van der Waals surface area (Å²) in [6.45, 7) is 6.53. The fourth-order valence-corrected chi connectivity index (χ4v) is 3.02. The van der Waals surface area contributed by atoms with Crippen molar-refractivity contribution in [1.82, 2.24) is 14.9 Å². The van der Waals surface area contributed by atoms with Crippen molar-refractivity contribution in [1.29, 1.82) is 0 Å². The van der Waals surface area contributed by atoms with Crippen molar-refractivity contribution in [3.05, 3.63) is 12.4 Å². The average Bonchev–Trinajstić information content (AvgIpc) is 2.72. The SMILES string of the molecule is CCCNC(C)(CC(C)Sc1nccn1C)C(=O)O. The number of rotatable bonds is 8. The highest BCUT2D eigenvalue weighted by Gasteiger charge is 2.34.